The summed E-state index contributed by atoms with van der Waals surface area (Å²) in [7, 11) is 0. The van der Waals surface area contributed by atoms with Crippen LogP contribution in [0.15, 0.2) is 36.4 Å². The summed E-state index contributed by atoms with van der Waals surface area (Å²) in [5.41, 5.74) is 1.03. The number of carboxylic acids is 1. The fraction of sp³-hybridized carbons (Fsp3) is 0.0909. The monoisotopic (exact) mass is 221 g/mol. The van der Waals surface area contributed by atoms with Crippen LogP contribution in [0.4, 0.5) is 5.69 Å². The summed E-state index contributed by atoms with van der Waals surface area (Å²) in [5, 5.41) is 19.8. The molecule has 0 aromatic heterocycles. The maximum absolute atomic E-state index is 11.2. The predicted octanol–water partition coefficient (Wildman–Crippen LogP) is 0.758. The van der Waals surface area contributed by atoms with E-state index in [0.29, 0.717) is 11.3 Å². The van der Waals surface area contributed by atoms with E-state index in [9.17, 15) is 9.59 Å². The molecule has 0 aliphatic carbocycles. The normalized spacial score (nSPS) is 10.3. The Labute approximate surface area is 92.0 Å². The van der Waals surface area contributed by atoms with Crippen LogP contribution in [0.2, 0.25) is 0 Å². The number of carboxylic acid groups (broad SMARTS) is 1. The largest absolute Gasteiger partial charge is 0.478 e. The van der Waals surface area contributed by atoms with Crippen molar-refractivity contribution < 1.29 is 19.8 Å². The van der Waals surface area contributed by atoms with E-state index in [4.69, 9.17) is 10.2 Å². The Morgan fingerprint density at radius 1 is 1.25 bits per heavy atom. The Morgan fingerprint density at radius 2 is 1.94 bits per heavy atom. The van der Waals surface area contributed by atoms with E-state index in [0.717, 1.165) is 12.2 Å². The molecule has 0 bridgehead atoms. The minimum Gasteiger partial charge on any atom is -0.478 e. The van der Waals surface area contributed by atoms with Gasteiger partial charge in [-0.1, -0.05) is 18.2 Å². The molecule has 1 aromatic carbocycles. The average Bonchev–Trinajstić information content (AvgIpc) is 2.27. The molecule has 5 nitrogen and oxygen atoms in total. The molecule has 3 N–H and O–H groups in total. The first-order valence-corrected chi connectivity index (χ1v) is 4.54. The third kappa shape index (κ3) is 3.55. The molecule has 0 saturated carbocycles. The molecule has 84 valence electrons. The molecule has 1 aromatic rings. The van der Waals surface area contributed by atoms with Crippen LogP contribution in [0, 0.1) is 0 Å². The van der Waals surface area contributed by atoms with Crippen molar-refractivity contribution in [3.05, 3.63) is 42.0 Å². The van der Waals surface area contributed by atoms with Gasteiger partial charge < -0.3 is 15.5 Å². The van der Waals surface area contributed by atoms with Crippen LogP contribution in [0.5, 0.6) is 0 Å². The topological polar surface area (TPSA) is 86.6 Å². The summed E-state index contributed by atoms with van der Waals surface area (Å²) in [6, 6.07) is 6.72. The molecule has 16 heavy (non-hydrogen) atoms. The van der Waals surface area contributed by atoms with Crippen molar-refractivity contribution in [2.24, 2.45) is 0 Å². The van der Waals surface area contributed by atoms with Gasteiger partial charge >= 0.3 is 5.97 Å². The molecule has 5 heteroatoms. The number of carbonyl (C=O) groups is 2. The first kappa shape index (κ1) is 11.9. The van der Waals surface area contributed by atoms with E-state index in [-0.39, 0.29) is 6.61 Å². The summed E-state index contributed by atoms with van der Waals surface area (Å²) < 4.78 is 0. The molecule has 0 fully saturated rings. The highest BCUT2D eigenvalue weighted by Crippen LogP contribution is 2.14. The maximum Gasteiger partial charge on any atom is 0.328 e. The summed E-state index contributed by atoms with van der Waals surface area (Å²) in [5.74, 6) is -1.74. The predicted molar refractivity (Wildman–Crippen MR) is 57.8 cm³/mol. The lowest BCUT2D eigenvalue weighted by atomic mass is 10.2. The molecule has 0 heterocycles. The zero-order valence-corrected chi connectivity index (χ0v) is 8.38. The number of carbonyl (C=O) groups excluding carboxylic acids is 1. The molecule has 0 spiro atoms. The van der Waals surface area contributed by atoms with Gasteiger partial charge in [-0.15, -0.1) is 0 Å². The van der Waals surface area contributed by atoms with Gasteiger partial charge in [-0.2, -0.15) is 0 Å². The minimum absolute atomic E-state index is 0.195. The lowest BCUT2D eigenvalue weighted by Gasteiger charge is -2.06. The van der Waals surface area contributed by atoms with Gasteiger partial charge in [0.25, 0.3) is 0 Å². The smallest absolute Gasteiger partial charge is 0.328 e. The Balaban J connectivity index is 2.73. The second kappa shape index (κ2) is 5.67. The molecule has 0 aliphatic heterocycles. The fourth-order valence-electron chi connectivity index (χ4n) is 1.10. The van der Waals surface area contributed by atoms with Crippen molar-refractivity contribution in [3.63, 3.8) is 0 Å². The van der Waals surface area contributed by atoms with E-state index in [2.05, 4.69) is 5.32 Å². The Hall–Kier alpha value is -2.14. The van der Waals surface area contributed by atoms with Crippen molar-refractivity contribution in [2.45, 2.75) is 6.61 Å². The molecule has 0 unspecified atom stereocenters. The highest BCUT2D eigenvalue weighted by Gasteiger charge is 2.03. The van der Waals surface area contributed by atoms with E-state index in [1.807, 2.05) is 0 Å². The summed E-state index contributed by atoms with van der Waals surface area (Å²) >= 11 is 0. The molecular formula is C11H11NO4. The maximum atomic E-state index is 11.2. The third-order valence-electron chi connectivity index (χ3n) is 1.82. The molecule has 0 saturated heterocycles. The number of aliphatic hydroxyl groups is 1. The molecular weight excluding hydrogens is 210 g/mol. The van der Waals surface area contributed by atoms with Crippen LogP contribution >= 0.6 is 0 Å². The summed E-state index contributed by atoms with van der Waals surface area (Å²) in [4.78, 5) is 21.4. The van der Waals surface area contributed by atoms with Crippen molar-refractivity contribution >= 4 is 17.6 Å². The quantitative estimate of drug-likeness (QED) is 0.655. The minimum atomic E-state index is -1.19. The lowest BCUT2D eigenvalue weighted by molar-refractivity contribution is -0.131. The molecule has 1 amide bonds. The zero-order valence-electron chi connectivity index (χ0n) is 8.38. The van der Waals surface area contributed by atoms with Gasteiger partial charge in [0.2, 0.25) is 5.91 Å². The number of aliphatic hydroxyl groups excluding tert-OH is 1. The second-order valence-corrected chi connectivity index (χ2v) is 2.98. The van der Waals surface area contributed by atoms with E-state index >= 15 is 0 Å². The highest BCUT2D eigenvalue weighted by atomic mass is 16.4. The Kier molecular flexibility index (Phi) is 4.23. The number of rotatable bonds is 4. The SMILES string of the molecule is O=C(O)/C=C\C(=O)Nc1ccccc1CO. The molecule has 0 aliphatic rings. The first-order valence-electron chi connectivity index (χ1n) is 4.54. The molecule has 1 rings (SSSR count). The molecule has 0 atom stereocenters. The number of nitrogens with one attached hydrogen (secondary N) is 1. The van der Waals surface area contributed by atoms with Crippen LogP contribution in [0.1, 0.15) is 5.56 Å². The molecule has 0 radical (unpaired) electrons. The van der Waals surface area contributed by atoms with Crippen LogP contribution in [-0.4, -0.2) is 22.1 Å². The number of hydrogen-bond donors (Lipinski definition) is 3. The van der Waals surface area contributed by atoms with Crippen LogP contribution in [0.25, 0.3) is 0 Å². The van der Waals surface area contributed by atoms with Crippen LogP contribution in [0.3, 0.4) is 0 Å². The third-order valence-corrected chi connectivity index (χ3v) is 1.82. The average molecular weight is 221 g/mol. The fourth-order valence-corrected chi connectivity index (χ4v) is 1.10. The standard InChI is InChI=1S/C11H11NO4/c13-7-8-3-1-2-4-9(8)12-10(14)5-6-11(15)16/h1-6,13H,7H2,(H,12,14)(H,15,16)/b6-5-. The van der Waals surface area contributed by atoms with Gasteiger partial charge in [0, 0.05) is 23.4 Å². The number of hydrogen-bond acceptors (Lipinski definition) is 3. The number of anilines is 1. The number of aliphatic carboxylic acids is 1. The van der Waals surface area contributed by atoms with Crippen molar-refractivity contribution in [2.75, 3.05) is 5.32 Å². The van der Waals surface area contributed by atoms with Crippen LogP contribution in [-0.2, 0) is 16.2 Å². The summed E-state index contributed by atoms with van der Waals surface area (Å²) in [6.45, 7) is -0.195. The van der Waals surface area contributed by atoms with E-state index < -0.39 is 11.9 Å². The Bertz CT molecular complexity index is 426. The van der Waals surface area contributed by atoms with E-state index in [1.54, 1.807) is 24.3 Å². The summed E-state index contributed by atoms with van der Waals surface area (Å²) in [6.07, 6.45) is 1.66. The second-order valence-electron chi connectivity index (χ2n) is 2.98. The van der Waals surface area contributed by atoms with Gasteiger partial charge in [0.1, 0.15) is 0 Å². The number of para-hydroxylation sites is 1. The van der Waals surface area contributed by atoms with Gasteiger partial charge in [0.05, 0.1) is 6.61 Å². The van der Waals surface area contributed by atoms with E-state index in [1.165, 1.54) is 0 Å². The first-order chi connectivity index (χ1) is 7.63. The van der Waals surface area contributed by atoms with Crippen LogP contribution < -0.4 is 5.32 Å². The van der Waals surface area contributed by atoms with Crippen molar-refractivity contribution in [1.29, 1.82) is 0 Å². The highest BCUT2D eigenvalue weighted by molar-refractivity contribution is 6.02. The lowest BCUT2D eigenvalue weighted by Crippen LogP contribution is -2.10. The van der Waals surface area contributed by atoms with Gasteiger partial charge in [-0.3, -0.25) is 4.79 Å². The van der Waals surface area contributed by atoms with Gasteiger partial charge in [-0.25, -0.2) is 4.79 Å². The number of benzene rings is 1. The Morgan fingerprint density at radius 3 is 2.56 bits per heavy atom. The number of amides is 1. The van der Waals surface area contributed by atoms with Crippen molar-refractivity contribution in [1.82, 2.24) is 0 Å². The van der Waals surface area contributed by atoms with Gasteiger partial charge in [-0.05, 0) is 6.07 Å². The van der Waals surface area contributed by atoms with Crippen molar-refractivity contribution in [3.8, 4) is 0 Å². The van der Waals surface area contributed by atoms with Gasteiger partial charge in [0.15, 0.2) is 0 Å². The zero-order chi connectivity index (χ0) is 12.0.